The molecular weight excluding hydrogens is 310 g/mol. The predicted molar refractivity (Wildman–Crippen MR) is 95.1 cm³/mol. The molecule has 2 aromatic carbocycles. The van der Waals surface area contributed by atoms with Gasteiger partial charge in [0.1, 0.15) is 11.9 Å². The number of aliphatic imine (C=N–C) groups is 1. The Bertz CT molecular complexity index is 733. The average Bonchev–Trinajstić information content (AvgIpc) is 2.54. The molecule has 0 saturated heterocycles. The third kappa shape index (κ3) is 3.70. The number of nitrogens with zero attached hydrogens (tertiary/aromatic N) is 3. The van der Waals surface area contributed by atoms with Gasteiger partial charge in [0.2, 0.25) is 0 Å². The third-order valence-corrected chi connectivity index (χ3v) is 3.85. The first-order chi connectivity index (χ1) is 10.2. The van der Waals surface area contributed by atoms with Gasteiger partial charge in [-0.1, -0.05) is 36.4 Å². The molecule has 1 atom stereocenters. The Morgan fingerprint density at radius 1 is 1.09 bits per heavy atom. The molecule has 2 aromatic rings. The van der Waals surface area contributed by atoms with Crippen molar-refractivity contribution in [3.63, 3.8) is 0 Å². The normalized spacial score (nSPS) is 15.2. The van der Waals surface area contributed by atoms with E-state index < -0.39 is 0 Å². The summed E-state index contributed by atoms with van der Waals surface area (Å²) in [6.07, 6.45) is 0.871. The van der Waals surface area contributed by atoms with E-state index in [1.54, 1.807) is 0 Å². The van der Waals surface area contributed by atoms with E-state index in [-0.39, 0.29) is 23.9 Å². The van der Waals surface area contributed by atoms with Crippen molar-refractivity contribution in [1.29, 1.82) is 5.26 Å². The lowest BCUT2D eigenvalue weighted by Crippen LogP contribution is -2.28. The minimum absolute atomic E-state index is 0. The first-order valence-electron chi connectivity index (χ1n) is 7.01. The minimum Gasteiger partial charge on any atom is -0.412 e. The van der Waals surface area contributed by atoms with Gasteiger partial charge in [-0.05, 0) is 28.8 Å². The molecule has 120 valence electrons. The predicted octanol–water partition coefficient (Wildman–Crippen LogP) is 2.76. The van der Waals surface area contributed by atoms with E-state index in [9.17, 15) is 0 Å². The molecule has 0 spiro atoms. The van der Waals surface area contributed by atoms with Crippen LogP contribution < -0.4 is 0 Å². The maximum atomic E-state index is 8.93. The number of fused-ring (bicyclic) bond motifs is 1. The molecule has 1 aliphatic rings. The highest BCUT2D eigenvalue weighted by atomic mass is 35.5. The van der Waals surface area contributed by atoms with E-state index >= 15 is 0 Å². The van der Waals surface area contributed by atoms with Crippen LogP contribution >= 0.6 is 12.4 Å². The molecule has 0 amide bonds. The Morgan fingerprint density at radius 3 is 2.35 bits per heavy atom. The first-order valence-corrected chi connectivity index (χ1v) is 7.01. The van der Waals surface area contributed by atoms with E-state index in [0.717, 1.165) is 17.8 Å². The zero-order valence-corrected chi connectivity index (χ0v) is 14.0. The third-order valence-electron chi connectivity index (χ3n) is 3.85. The Kier molecular flexibility index (Phi) is 6.32. The smallest absolute Gasteiger partial charge is 0.104 e. The Morgan fingerprint density at radius 2 is 1.74 bits per heavy atom. The quantitative estimate of drug-likeness (QED) is 0.807. The van der Waals surface area contributed by atoms with Crippen molar-refractivity contribution in [3.8, 4) is 6.07 Å². The second kappa shape index (κ2) is 7.77. The Labute approximate surface area is 142 Å². The monoisotopic (exact) mass is 329 g/mol. The summed E-state index contributed by atoms with van der Waals surface area (Å²) in [5, 5.41) is 8.93. The lowest BCUT2D eigenvalue weighted by molar-refractivity contribution is 0.592. The number of rotatable bonds is 1. The van der Waals surface area contributed by atoms with Crippen molar-refractivity contribution in [2.75, 3.05) is 14.1 Å². The van der Waals surface area contributed by atoms with Crippen molar-refractivity contribution >= 4 is 18.2 Å². The number of hydrogen-bond acceptors (Lipinski definition) is 3. The summed E-state index contributed by atoms with van der Waals surface area (Å²) in [4.78, 5) is 6.98. The standard InChI is InChI=1S/C18H17N3.ClH.H2O/c1-21(2)17-11-15-5-3-4-6-16(15)18(20-17)14-9-7-13(12-19)8-10-14;;/h3-10,18H,11H2,1-2H3;1H;1H2. The highest BCUT2D eigenvalue weighted by Gasteiger charge is 2.23. The number of likely N-dealkylation sites (N-methyl/N-ethyl adjacent to an activating group) is 1. The maximum absolute atomic E-state index is 8.93. The number of benzene rings is 2. The van der Waals surface area contributed by atoms with E-state index in [0.29, 0.717) is 5.56 Å². The van der Waals surface area contributed by atoms with Gasteiger partial charge in [-0.15, -0.1) is 12.4 Å². The number of nitriles is 1. The molecule has 1 heterocycles. The summed E-state index contributed by atoms with van der Waals surface area (Å²) >= 11 is 0. The average molecular weight is 330 g/mol. The molecular formula is C18H20ClN3O. The lowest BCUT2D eigenvalue weighted by Gasteiger charge is -2.27. The number of hydrogen-bond donors (Lipinski definition) is 0. The van der Waals surface area contributed by atoms with Gasteiger partial charge in [0.05, 0.1) is 11.6 Å². The van der Waals surface area contributed by atoms with Gasteiger partial charge in [-0.3, -0.25) is 4.99 Å². The minimum atomic E-state index is 0. The van der Waals surface area contributed by atoms with Crippen LogP contribution in [0, 0.1) is 11.3 Å². The van der Waals surface area contributed by atoms with Gasteiger partial charge in [-0.2, -0.15) is 5.26 Å². The van der Waals surface area contributed by atoms with Crippen LogP contribution in [0.3, 0.4) is 0 Å². The molecule has 0 bridgehead atoms. The van der Waals surface area contributed by atoms with Crippen molar-refractivity contribution in [2.24, 2.45) is 4.99 Å². The van der Waals surface area contributed by atoms with E-state index in [1.165, 1.54) is 11.1 Å². The summed E-state index contributed by atoms with van der Waals surface area (Å²) < 4.78 is 0. The van der Waals surface area contributed by atoms with Gasteiger partial charge >= 0.3 is 0 Å². The Balaban J connectivity index is 0.00000132. The fraction of sp³-hybridized carbons (Fsp3) is 0.222. The second-order valence-electron chi connectivity index (χ2n) is 5.45. The summed E-state index contributed by atoms with van der Waals surface area (Å²) in [5.41, 5.74) is 4.39. The van der Waals surface area contributed by atoms with Crippen molar-refractivity contribution in [1.82, 2.24) is 4.90 Å². The highest BCUT2D eigenvalue weighted by Crippen LogP contribution is 2.33. The first kappa shape index (κ1) is 18.7. The molecule has 1 unspecified atom stereocenters. The van der Waals surface area contributed by atoms with E-state index in [2.05, 4.69) is 35.2 Å². The summed E-state index contributed by atoms with van der Waals surface area (Å²) in [5.74, 6) is 1.09. The Hall–Kier alpha value is -2.35. The second-order valence-corrected chi connectivity index (χ2v) is 5.45. The molecule has 0 saturated carbocycles. The van der Waals surface area contributed by atoms with E-state index in [4.69, 9.17) is 10.3 Å². The van der Waals surface area contributed by atoms with Crippen LogP contribution in [0.1, 0.15) is 28.3 Å². The van der Waals surface area contributed by atoms with Gasteiger partial charge in [0, 0.05) is 20.5 Å². The zero-order valence-electron chi connectivity index (χ0n) is 13.2. The maximum Gasteiger partial charge on any atom is 0.104 e. The van der Waals surface area contributed by atoms with Crippen LogP contribution in [0.5, 0.6) is 0 Å². The van der Waals surface area contributed by atoms with Gasteiger partial charge in [0.25, 0.3) is 0 Å². The zero-order chi connectivity index (χ0) is 14.8. The largest absolute Gasteiger partial charge is 0.412 e. The van der Waals surface area contributed by atoms with Crippen LogP contribution in [-0.4, -0.2) is 30.3 Å². The van der Waals surface area contributed by atoms with Crippen molar-refractivity contribution < 1.29 is 5.48 Å². The molecule has 23 heavy (non-hydrogen) atoms. The molecule has 0 fully saturated rings. The van der Waals surface area contributed by atoms with Crippen LogP contribution in [0.2, 0.25) is 0 Å². The lowest BCUT2D eigenvalue weighted by atomic mass is 9.90. The molecule has 3 rings (SSSR count). The number of amidine groups is 1. The molecule has 0 aliphatic carbocycles. The highest BCUT2D eigenvalue weighted by molar-refractivity contribution is 5.86. The van der Waals surface area contributed by atoms with Crippen LogP contribution in [-0.2, 0) is 6.42 Å². The molecule has 2 N–H and O–H groups in total. The van der Waals surface area contributed by atoms with E-state index in [1.807, 2.05) is 38.4 Å². The molecule has 5 heteroatoms. The molecule has 0 radical (unpaired) electrons. The summed E-state index contributed by atoms with van der Waals surface area (Å²) in [7, 11) is 4.06. The molecule has 0 aromatic heterocycles. The summed E-state index contributed by atoms with van der Waals surface area (Å²) in [6.45, 7) is 0. The van der Waals surface area contributed by atoms with Crippen molar-refractivity contribution in [2.45, 2.75) is 12.5 Å². The topological polar surface area (TPSA) is 70.9 Å². The van der Waals surface area contributed by atoms with Gasteiger partial charge in [0.15, 0.2) is 0 Å². The molecule has 4 nitrogen and oxygen atoms in total. The number of halogens is 1. The fourth-order valence-corrected chi connectivity index (χ4v) is 2.66. The summed E-state index contributed by atoms with van der Waals surface area (Å²) in [6, 6.07) is 18.4. The van der Waals surface area contributed by atoms with Gasteiger partial charge in [-0.25, -0.2) is 0 Å². The van der Waals surface area contributed by atoms with Crippen molar-refractivity contribution in [3.05, 3.63) is 70.8 Å². The fourth-order valence-electron chi connectivity index (χ4n) is 2.66. The SMILES string of the molecule is CN(C)C1=NC(c2ccc(C#N)cc2)c2ccccc2C1.Cl.O. The van der Waals surface area contributed by atoms with Crippen LogP contribution in [0.15, 0.2) is 53.5 Å². The molecule has 1 aliphatic heterocycles. The van der Waals surface area contributed by atoms with Gasteiger partial charge < -0.3 is 10.4 Å². The van der Waals surface area contributed by atoms with Crippen LogP contribution in [0.4, 0.5) is 0 Å². The van der Waals surface area contributed by atoms with Crippen LogP contribution in [0.25, 0.3) is 0 Å².